The second-order valence-electron chi connectivity index (χ2n) is 6.76. The molecule has 0 saturated carbocycles. The van der Waals surface area contributed by atoms with E-state index in [-0.39, 0.29) is 11.5 Å². The quantitative estimate of drug-likeness (QED) is 0.431. The summed E-state index contributed by atoms with van der Waals surface area (Å²) in [4.78, 5) is 10.7. The van der Waals surface area contributed by atoms with Crippen LogP contribution in [-0.2, 0) is 9.22 Å². The summed E-state index contributed by atoms with van der Waals surface area (Å²) in [7, 11) is -1.05. The van der Waals surface area contributed by atoms with Crippen LogP contribution in [0.25, 0.3) is 0 Å². The van der Waals surface area contributed by atoms with Gasteiger partial charge in [0.1, 0.15) is 6.29 Å². The van der Waals surface area contributed by atoms with Gasteiger partial charge in [0.25, 0.3) is 0 Å². The van der Waals surface area contributed by atoms with Crippen LogP contribution in [0.4, 0.5) is 0 Å². The number of allylic oxidation sites excluding steroid dienone is 1. The predicted molar refractivity (Wildman–Crippen MR) is 79.3 cm³/mol. The van der Waals surface area contributed by atoms with E-state index in [0.717, 1.165) is 25.5 Å². The molecule has 0 spiro atoms. The molecule has 2 unspecified atom stereocenters. The van der Waals surface area contributed by atoms with Crippen molar-refractivity contribution in [3.63, 3.8) is 0 Å². The predicted octanol–water partition coefficient (Wildman–Crippen LogP) is 3.72. The molecule has 3 heteroatoms. The molecule has 0 N–H and O–H groups in total. The van der Waals surface area contributed by atoms with Crippen molar-refractivity contribution in [3.8, 4) is 0 Å². The molecule has 1 rings (SSSR count). The zero-order valence-electron chi connectivity index (χ0n) is 12.5. The Balaban J connectivity index is 2.79. The van der Waals surface area contributed by atoms with E-state index >= 15 is 0 Å². The molecule has 0 aliphatic heterocycles. The Hall–Kier alpha value is -0.413. The lowest BCUT2D eigenvalue weighted by atomic mass is 9.77. The zero-order valence-corrected chi connectivity index (χ0v) is 13.7. The summed E-state index contributed by atoms with van der Waals surface area (Å²) < 4.78 is 6.26. The highest BCUT2D eigenvalue weighted by Gasteiger charge is 2.31. The van der Waals surface area contributed by atoms with Crippen LogP contribution in [0.15, 0.2) is 11.6 Å². The molecule has 0 amide bonds. The van der Waals surface area contributed by atoms with E-state index in [2.05, 4.69) is 39.9 Å². The summed E-state index contributed by atoms with van der Waals surface area (Å²) in [6.45, 7) is 11.2. The van der Waals surface area contributed by atoms with Crippen LogP contribution in [0.1, 0.15) is 46.5 Å². The molecular weight excluding hydrogens is 240 g/mol. The fraction of sp³-hybridized carbons (Fsp3) is 0.800. The normalized spacial score (nSPS) is 22.8. The van der Waals surface area contributed by atoms with Gasteiger partial charge in [0.2, 0.25) is 0 Å². The van der Waals surface area contributed by atoms with Gasteiger partial charge in [0.15, 0.2) is 9.04 Å². The average molecular weight is 268 g/mol. The van der Waals surface area contributed by atoms with Gasteiger partial charge in [-0.15, -0.1) is 0 Å². The molecular formula is C15H28O2Si. The number of hydrogen-bond donors (Lipinski definition) is 0. The molecule has 0 radical (unpaired) electrons. The Bertz CT molecular complexity index is 302. The first-order chi connectivity index (χ1) is 8.34. The molecule has 104 valence electrons. The fourth-order valence-corrected chi connectivity index (χ4v) is 3.82. The maximum absolute atomic E-state index is 10.7. The van der Waals surface area contributed by atoms with Crippen LogP contribution in [0.3, 0.4) is 0 Å². The molecule has 0 fully saturated rings. The minimum atomic E-state index is -1.05. The Kier molecular flexibility index (Phi) is 5.79. The van der Waals surface area contributed by atoms with Gasteiger partial charge in [-0.1, -0.05) is 26.8 Å². The Morgan fingerprint density at radius 2 is 2.17 bits per heavy atom. The molecule has 2 atom stereocenters. The van der Waals surface area contributed by atoms with Gasteiger partial charge in [-0.25, -0.2) is 0 Å². The van der Waals surface area contributed by atoms with E-state index in [0.29, 0.717) is 12.3 Å². The van der Waals surface area contributed by atoms with E-state index < -0.39 is 9.04 Å². The standard InChI is InChI=1S/C15H28O2Si/c1-15(2,3)14(17-18(4)5)13-8-6-7-12(11-13)9-10-16/h8,10,12,14,18H,6-7,9,11H2,1-5H3. The third-order valence-corrected chi connectivity index (χ3v) is 4.28. The van der Waals surface area contributed by atoms with Crippen molar-refractivity contribution in [1.82, 2.24) is 0 Å². The zero-order chi connectivity index (χ0) is 13.8. The molecule has 0 aromatic carbocycles. The molecule has 1 aliphatic rings. The summed E-state index contributed by atoms with van der Waals surface area (Å²) in [6.07, 6.45) is 7.65. The topological polar surface area (TPSA) is 26.3 Å². The highest BCUT2D eigenvalue weighted by Crippen LogP contribution is 2.36. The third kappa shape index (κ3) is 4.69. The van der Waals surface area contributed by atoms with E-state index in [1.165, 1.54) is 5.57 Å². The molecule has 2 nitrogen and oxygen atoms in total. The highest BCUT2D eigenvalue weighted by atomic mass is 28.3. The maximum Gasteiger partial charge on any atom is 0.171 e. The lowest BCUT2D eigenvalue weighted by molar-refractivity contribution is -0.108. The molecule has 18 heavy (non-hydrogen) atoms. The van der Waals surface area contributed by atoms with E-state index in [1.807, 2.05) is 0 Å². The maximum atomic E-state index is 10.7. The van der Waals surface area contributed by atoms with Gasteiger partial charge in [-0.2, -0.15) is 0 Å². The van der Waals surface area contributed by atoms with E-state index in [1.54, 1.807) is 0 Å². The molecule has 1 aliphatic carbocycles. The number of hydrogen-bond acceptors (Lipinski definition) is 2. The first-order valence-corrected chi connectivity index (χ1v) is 9.90. The highest BCUT2D eigenvalue weighted by molar-refractivity contribution is 6.48. The second-order valence-corrected chi connectivity index (χ2v) is 9.13. The third-order valence-electron chi connectivity index (χ3n) is 3.47. The second kappa shape index (κ2) is 6.67. The summed E-state index contributed by atoms with van der Waals surface area (Å²) in [5, 5.41) is 0. The van der Waals surface area contributed by atoms with Gasteiger partial charge in [0.05, 0.1) is 6.10 Å². The van der Waals surface area contributed by atoms with Crippen LogP contribution in [-0.4, -0.2) is 21.4 Å². The van der Waals surface area contributed by atoms with E-state index in [4.69, 9.17) is 4.43 Å². The molecule has 0 bridgehead atoms. The van der Waals surface area contributed by atoms with Crippen molar-refractivity contribution in [3.05, 3.63) is 11.6 Å². The number of aldehydes is 1. The minimum absolute atomic E-state index is 0.145. The van der Waals surface area contributed by atoms with Gasteiger partial charge in [-0.05, 0) is 49.3 Å². The van der Waals surface area contributed by atoms with Crippen molar-refractivity contribution in [2.24, 2.45) is 11.3 Å². The number of rotatable bonds is 5. The number of carbonyl (C=O) groups excluding carboxylic acids is 1. The SMILES string of the molecule is C[SiH](C)OC(C1=CCCC(CC=O)C1)C(C)(C)C. The molecule has 0 aromatic heterocycles. The molecule has 0 aromatic rings. The monoisotopic (exact) mass is 268 g/mol. The largest absolute Gasteiger partial charge is 0.413 e. The average Bonchev–Trinajstić information content (AvgIpc) is 2.25. The van der Waals surface area contributed by atoms with Crippen LogP contribution >= 0.6 is 0 Å². The Morgan fingerprint density at radius 3 is 2.67 bits per heavy atom. The summed E-state index contributed by atoms with van der Waals surface area (Å²) in [5.74, 6) is 0.532. The van der Waals surface area contributed by atoms with Crippen LogP contribution in [0.2, 0.25) is 13.1 Å². The van der Waals surface area contributed by atoms with Crippen molar-refractivity contribution < 1.29 is 9.22 Å². The van der Waals surface area contributed by atoms with Crippen LogP contribution in [0.5, 0.6) is 0 Å². The van der Waals surface area contributed by atoms with Gasteiger partial charge in [0, 0.05) is 6.42 Å². The van der Waals surface area contributed by atoms with Gasteiger partial charge < -0.3 is 9.22 Å². The van der Waals surface area contributed by atoms with Crippen molar-refractivity contribution >= 4 is 15.3 Å². The van der Waals surface area contributed by atoms with Crippen LogP contribution < -0.4 is 0 Å². The van der Waals surface area contributed by atoms with Crippen molar-refractivity contribution in [1.29, 1.82) is 0 Å². The first-order valence-electron chi connectivity index (χ1n) is 7.12. The smallest absolute Gasteiger partial charge is 0.171 e. The van der Waals surface area contributed by atoms with Gasteiger partial charge in [-0.3, -0.25) is 0 Å². The fourth-order valence-electron chi connectivity index (χ4n) is 2.69. The summed E-state index contributed by atoms with van der Waals surface area (Å²) in [5.41, 5.74) is 1.58. The van der Waals surface area contributed by atoms with Gasteiger partial charge >= 0.3 is 0 Å². The summed E-state index contributed by atoms with van der Waals surface area (Å²) in [6, 6.07) is 0. The minimum Gasteiger partial charge on any atom is -0.413 e. The lowest BCUT2D eigenvalue weighted by Gasteiger charge is -2.37. The number of carbonyl (C=O) groups is 1. The van der Waals surface area contributed by atoms with E-state index in [9.17, 15) is 4.79 Å². The Morgan fingerprint density at radius 1 is 1.50 bits per heavy atom. The Labute approximate surface area is 114 Å². The molecule has 0 saturated heterocycles. The van der Waals surface area contributed by atoms with Crippen LogP contribution in [0, 0.1) is 11.3 Å². The molecule has 0 heterocycles. The van der Waals surface area contributed by atoms with Crippen molar-refractivity contribution in [2.45, 2.75) is 65.7 Å². The lowest BCUT2D eigenvalue weighted by Crippen LogP contribution is -2.36. The summed E-state index contributed by atoms with van der Waals surface area (Å²) >= 11 is 0. The van der Waals surface area contributed by atoms with Crippen molar-refractivity contribution in [2.75, 3.05) is 0 Å². The first kappa shape index (κ1) is 15.6.